The molecule has 1 amide bonds. The lowest BCUT2D eigenvalue weighted by atomic mass is 9.63. The Labute approximate surface area is 169 Å². The molecule has 1 aliphatic heterocycles. The van der Waals surface area contributed by atoms with Gasteiger partial charge in [0.2, 0.25) is 5.91 Å². The molecule has 2 N–H and O–H groups in total. The van der Waals surface area contributed by atoms with Crippen molar-refractivity contribution < 1.29 is 19.8 Å². The third-order valence-electron chi connectivity index (χ3n) is 6.15. The van der Waals surface area contributed by atoms with E-state index in [4.69, 9.17) is 5.11 Å². The first-order chi connectivity index (χ1) is 13.5. The zero-order valence-electron chi connectivity index (χ0n) is 17.2. The Balaban J connectivity index is 1.81. The molecule has 28 heavy (non-hydrogen) atoms. The standard InChI is InChI=1S/C23H35NO4/c1-2-3-7-15-23(16-9-17-23)20(25)13-11-19-12-14-21(26)24(19)18-8-5-4-6-10-22(27)28/h11,13,19-20,25H,2,4-6,8-10,12,14-18H2,1H3,(H,27,28). The van der Waals surface area contributed by atoms with Gasteiger partial charge in [-0.3, -0.25) is 9.59 Å². The summed E-state index contributed by atoms with van der Waals surface area (Å²) in [7, 11) is 0. The number of carboxylic acid groups (broad SMARTS) is 1. The van der Waals surface area contributed by atoms with Crippen molar-refractivity contribution in [2.24, 2.45) is 5.41 Å². The van der Waals surface area contributed by atoms with E-state index >= 15 is 0 Å². The molecule has 1 aliphatic carbocycles. The summed E-state index contributed by atoms with van der Waals surface area (Å²) in [6, 6.07) is 0.0695. The first-order valence-corrected chi connectivity index (χ1v) is 10.8. The number of amides is 1. The molecular weight excluding hydrogens is 354 g/mol. The summed E-state index contributed by atoms with van der Waals surface area (Å²) in [5, 5.41) is 19.4. The number of rotatable bonds is 11. The molecule has 0 aromatic heterocycles. The van der Waals surface area contributed by atoms with Crippen LogP contribution >= 0.6 is 0 Å². The van der Waals surface area contributed by atoms with Crippen LogP contribution < -0.4 is 0 Å². The van der Waals surface area contributed by atoms with Crippen LogP contribution in [0.2, 0.25) is 0 Å². The lowest BCUT2D eigenvalue weighted by molar-refractivity contribution is -0.137. The second-order valence-electron chi connectivity index (χ2n) is 8.18. The second kappa shape index (κ2) is 11.3. The van der Waals surface area contributed by atoms with Crippen molar-refractivity contribution in [2.75, 3.05) is 6.54 Å². The van der Waals surface area contributed by atoms with Gasteiger partial charge in [-0.25, -0.2) is 0 Å². The van der Waals surface area contributed by atoms with Crippen molar-refractivity contribution >= 4 is 11.9 Å². The fourth-order valence-electron chi connectivity index (χ4n) is 4.17. The number of aliphatic hydroxyl groups is 1. The highest BCUT2D eigenvalue weighted by atomic mass is 16.4. The molecule has 5 nitrogen and oxygen atoms in total. The van der Waals surface area contributed by atoms with Crippen LogP contribution in [0.3, 0.4) is 0 Å². The minimum atomic E-state index is -0.747. The van der Waals surface area contributed by atoms with Gasteiger partial charge in [-0.1, -0.05) is 38.3 Å². The topological polar surface area (TPSA) is 77.8 Å². The van der Waals surface area contributed by atoms with Crippen LogP contribution in [0.25, 0.3) is 0 Å². The number of hydrogen-bond donors (Lipinski definition) is 2. The Kier molecular flexibility index (Phi) is 9.05. The van der Waals surface area contributed by atoms with Crippen LogP contribution in [0.4, 0.5) is 0 Å². The van der Waals surface area contributed by atoms with Gasteiger partial charge < -0.3 is 15.1 Å². The minimum absolute atomic E-state index is 0.0695. The van der Waals surface area contributed by atoms with E-state index in [1.165, 1.54) is 0 Å². The molecule has 2 unspecified atom stereocenters. The Bertz CT molecular complexity index is 612. The van der Waals surface area contributed by atoms with Crippen molar-refractivity contribution in [3.63, 3.8) is 0 Å². The normalized spacial score (nSPS) is 22.0. The van der Waals surface area contributed by atoms with E-state index < -0.39 is 12.1 Å². The lowest BCUT2D eigenvalue weighted by Crippen LogP contribution is -2.40. The maximum Gasteiger partial charge on any atom is 0.303 e. The molecule has 2 rings (SSSR count). The number of nitrogens with zero attached hydrogens (tertiary/aromatic N) is 1. The van der Waals surface area contributed by atoms with E-state index in [0.29, 0.717) is 19.4 Å². The van der Waals surface area contributed by atoms with Gasteiger partial charge in [0.15, 0.2) is 0 Å². The molecule has 0 aromatic carbocycles. The van der Waals surface area contributed by atoms with E-state index in [1.54, 1.807) is 0 Å². The molecule has 2 atom stereocenters. The minimum Gasteiger partial charge on any atom is -0.481 e. The molecule has 5 heteroatoms. The molecule has 2 fully saturated rings. The molecule has 0 aromatic rings. The fraction of sp³-hybridized carbons (Fsp3) is 0.739. The average Bonchev–Trinajstić information content (AvgIpc) is 2.98. The summed E-state index contributed by atoms with van der Waals surface area (Å²) >= 11 is 0. The van der Waals surface area contributed by atoms with Gasteiger partial charge >= 0.3 is 5.97 Å². The zero-order valence-corrected chi connectivity index (χ0v) is 17.2. The highest BCUT2D eigenvalue weighted by Gasteiger charge is 2.42. The maximum absolute atomic E-state index is 12.2. The molecule has 0 bridgehead atoms. The molecule has 1 saturated heterocycles. The van der Waals surface area contributed by atoms with Gasteiger partial charge in [0.05, 0.1) is 12.1 Å². The summed E-state index contributed by atoms with van der Waals surface area (Å²) in [4.78, 5) is 24.7. The molecular formula is C23H35NO4. The van der Waals surface area contributed by atoms with Crippen LogP contribution in [-0.4, -0.2) is 45.7 Å². The van der Waals surface area contributed by atoms with Gasteiger partial charge in [-0.15, -0.1) is 11.8 Å². The average molecular weight is 390 g/mol. The molecule has 0 radical (unpaired) electrons. The van der Waals surface area contributed by atoms with Gasteiger partial charge in [0.1, 0.15) is 0 Å². The van der Waals surface area contributed by atoms with Gasteiger partial charge in [0, 0.05) is 37.6 Å². The summed E-state index contributed by atoms with van der Waals surface area (Å²) in [5.41, 5.74) is -0.101. The van der Waals surface area contributed by atoms with Crippen LogP contribution in [0.5, 0.6) is 0 Å². The van der Waals surface area contributed by atoms with Crippen molar-refractivity contribution in [1.82, 2.24) is 4.90 Å². The van der Waals surface area contributed by atoms with Gasteiger partial charge in [-0.05, 0) is 32.1 Å². The predicted molar refractivity (Wildman–Crippen MR) is 110 cm³/mol. The van der Waals surface area contributed by atoms with E-state index in [1.807, 2.05) is 24.0 Å². The lowest BCUT2D eigenvalue weighted by Gasteiger charge is -2.43. The monoisotopic (exact) mass is 389 g/mol. The van der Waals surface area contributed by atoms with Crippen molar-refractivity contribution in [3.05, 3.63) is 12.2 Å². The summed E-state index contributed by atoms with van der Waals surface area (Å²) in [6.07, 6.45) is 13.2. The highest BCUT2D eigenvalue weighted by molar-refractivity contribution is 5.79. The summed E-state index contributed by atoms with van der Waals surface area (Å²) < 4.78 is 0. The van der Waals surface area contributed by atoms with E-state index in [-0.39, 0.29) is 23.8 Å². The number of hydrogen-bond acceptors (Lipinski definition) is 3. The Hall–Kier alpha value is -1.80. The predicted octanol–water partition coefficient (Wildman–Crippen LogP) is 3.90. The molecule has 156 valence electrons. The SMILES string of the molecule is CCC#CCC1(C(O)C=CC2CCC(=O)N2CCCCCCC(=O)O)CCC1. The molecule has 0 spiro atoms. The highest BCUT2D eigenvalue weighted by Crippen LogP contribution is 2.47. The maximum atomic E-state index is 12.2. The van der Waals surface area contributed by atoms with Crippen LogP contribution in [0.15, 0.2) is 12.2 Å². The number of carboxylic acids is 1. The van der Waals surface area contributed by atoms with Crippen LogP contribution in [-0.2, 0) is 9.59 Å². The largest absolute Gasteiger partial charge is 0.481 e. The Morgan fingerprint density at radius 1 is 1.29 bits per heavy atom. The van der Waals surface area contributed by atoms with Gasteiger partial charge in [0.25, 0.3) is 0 Å². The fourth-order valence-corrected chi connectivity index (χ4v) is 4.17. The van der Waals surface area contributed by atoms with Crippen molar-refractivity contribution in [3.8, 4) is 11.8 Å². The number of carbonyl (C=O) groups excluding carboxylic acids is 1. The third-order valence-corrected chi connectivity index (χ3v) is 6.15. The smallest absolute Gasteiger partial charge is 0.303 e. The molecule has 2 aliphatic rings. The first kappa shape index (κ1) is 22.5. The third kappa shape index (κ3) is 6.38. The van der Waals surface area contributed by atoms with E-state index in [2.05, 4.69) is 11.8 Å². The Morgan fingerprint density at radius 2 is 2.04 bits per heavy atom. The zero-order chi connectivity index (χ0) is 20.4. The van der Waals surface area contributed by atoms with Gasteiger partial charge in [-0.2, -0.15) is 0 Å². The van der Waals surface area contributed by atoms with E-state index in [0.717, 1.165) is 57.8 Å². The molecule has 1 heterocycles. The first-order valence-electron chi connectivity index (χ1n) is 10.8. The summed E-state index contributed by atoms with van der Waals surface area (Å²) in [5.74, 6) is 5.75. The number of carbonyl (C=O) groups is 2. The van der Waals surface area contributed by atoms with E-state index in [9.17, 15) is 14.7 Å². The van der Waals surface area contributed by atoms with Crippen LogP contribution in [0.1, 0.15) is 84.0 Å². The number of aliphatic carboxylic acids is 1. The van der Waals surface area contributed by atoms with Crippen molar-refractivity contribution in [1.29, 1.82) is 0 Å². The number of likely N-dealkylation sites (tertiary alicyclic amines) is 1. The van der Waals surface area contributed by atoms with Crippen molar-refractivity contribution in [2.45, 2.75) is 96.1 Å². The second-order valence-corrected chi connectivity index (χ2v) is 8.18. The summed E-state index contributed by atoms with van der Waals surface area (Å²) in [6.45, 7) is 2.75. The Morgan fingerprint density at radius 3 is 2.68 bits per heavy atom. The van der Waals surface area contributed by atoms with Crippen LogP contribution in [0, 0.1) is 17.3 Å². The number of unbranched alkanes of at least 4 members (excludes halogenated alkanes) is 3. The quantitative estimate of drug-likeness (QED) is 0.319. The molecule has 1 saturated carbocycles. The number of aliphatic hydroxyl groups excluding tert-OH is 1.